The van der Waals surface area contributed by atoms with Crippen LogP contribution in [-0.4, -0.2) is 42.7 Å². The molecular weight excluding hydrogens is 450 g/mol. The van der Waals surface area contributed by atoms with Crippen molar-refractivity contribution in [3.05, 3.63) is 70.9 Å². The zero-order valence-corrected chi connectivity index (χ0v) is 21.0. The average molecular weight is 482 g/mol. The lowest BCUT2D eigenvalue weighted by Gasteiger charge is -2.35. The van der Waals surface area contributed by atoms with Gasteiger partial charge in [0.1, 0.15) is 5.75 Å². The number of hydrogen-bond donors (Lipinski definition) is 2. The molecule has 0 spiro atoms. The number of allylic oxidation sites excluding steroid dienone is 1. The highest BCUT2D eigenvalue weighted by atomic mass is 32.1. The van der Waals surface area contributed by atoms with Gasteiger partial charge < -0.3 is 25.0 Å². The van der Waals surface area contributed by atoms with Crippen molar-refractivity contribution < 1.29 is 19.1 Å². The Balaban J connectivity index is 1.73. The first-order chi connectivity index (χ1) is 16.2. The summed E-state index contributed by atoms with van der Waals surface area (Å²) in [5, 5.41) is 6.67. The van der Waals surface area contributed by atoms with Gasteiger partial charge in [0, 0.05) is 18.4 Å². The summed E-state index contributed by atoms with van der Waals surface area (Å²) >= 11 is 5.45. The molecule has 1 heterocycles. The second kappa shape index (κ2) is 11.2. The van der Waals surface area contributed by atoms with Gasteiger partial charge in [-0.1, -0.05) is 38.1 Å². The molecule has 1 amide bonds. The largest absolute Gasteiger partial charge is 0.497 e. The molecule has 1 atom stereocenters. The van der Waals surface area contributed by atoms with Gasteiger partial charge in [0.15, 0.2) is 5.11 Å². The zero-order valence-electron chi connectivity index (χ0n) is 20.2. The zero-order chi connectivity index (χ0) is 24.8. The van der Waals surface area contributed by atoms with Crippen molar-refractivity contribution in [2.24, 2.45) is 5.92 Å². The Labute approximate surface area is 206 Å². The molecule has 2 aromatic rings. The van der Waals surface area contributed by atoms with E-state index in [0.29, 0.717) is 23.0 Å². The first-order valence-electron chi connectivity index (χ1n) is 11.1. The molecular formula is C26H31N3O4S. The highest BCUT2D eigenvalue weighted by Gasteiger charge is 2.33. The number of thiocarbonyl (C=S) groups is 1. The maximum absolute atomic E-state index is 12.9. The van der Waals surface area contributed by atoms with Crippen LogP contribution in [0, 0.1) is 5.92 Å². The van der Waals surface area contributed by atoms with Crippen LogP contribution in [-0.2, 0) is 20.7 Å². The summed E-state index contributed by atoms with van der Waals surface area (Å²) in [6.45, 7) is 6.19. The molecule has 0 bridgehead atoms. The van der Waals surface area contributed by atoms with E-state index >= 15 is 0 Å². The SMILES string of the molecule is COc1ccc(CC(=O)Nc2ccc(C3NC(=S)N(C)C(C)=C3C(=O)OCC(C)C)cc2)cc1. The second-order valence-electron chi connectivity index (χ2n) is 8.63. The molecule has 0 aromatic heterocycles. The van der Waals surface area contributed by atoms with E-state index in [1.165, 1.54) is 0 Å². The average Bonchev–Trinajstić information content (AvgIpc) is 2.81. The first kappa shape index (κ1) is 25.2. The van der Waals surface area contributed by atoms with E-state index in [9.17, 15) is 9.59 Å². The molecule has 0 saturated carbocycles. The molecule has 180 valence electrons. The summed E-state index contributed by atoms with van der Waals surface area (Å²) in [6.07, 6.45) is 0.254. The minimum Gasteiger partial charge on any atom is -0.497 e. The van der Waals surface area contributed by atoms with Crippen molar-refractivity contribution in [3.8, 4) is 5.75 Å². The van der Waals surface area contributed by atoms with Gasteiger partial charge >= 0.3 is 5.97 Å². The van der Waals surface area contributed by atoms with E-state index < -0.39 is 6.04 Å². The molecule has 0 saturated heterocycles. The minimum atomic E-state index is -0.438. The van der Waals surface area contributed by atoms with Crippen molar-refractivity contribution >= 4 is 34.9 Å². The lowest BCUT2D eigenvalue weighted by atomic mass is 9.95. The van der Waals surface area contributed by atoms with Gasteiger partial charge in [-0.15, -0.1) is 0 Å². The third-order valence-corrected chi connectivity index (χ3v) is 5.96. The number of carbonyl (C=O) groups is 2. The van der Waals surface area contributed by atoms with Gasteiger partial charge in [-0.3, -0.25) is 4.79 Å². The van der Waals surface area contributed by atoms with E-state index in [1.54, 1.807) is 12.0 Å². The molecule has 34 heavy (non-hydrogen) atoms. The maximum atomic E-state index is 12.9. The molecule has 0 fully saturated rings. The van der Waals surface area contributed by atoms with Crippen LogP contribution in [0.5, 0.6) is 5.75 Å². The number of nitrogens with one attached hydrogen (secondary N) is 2. The third-order valence-electron chi connectivity index (χ3n) is 5.57. The van der Waals surface area contributed by atoms with Crippen molar-refractivity contribution in [2.45, 2.75) is 33.2 Å². The number of nitrogens with zero attached hydrogens (tertiary/aromatic N) is 1. The summed E-state index contributed by atoms with van der Waals surface area (Å²) in [4.78, 5) is 27.2. The Morgan fingerprint density at radius 1 is 1.12 bits per heavy atom. The molecule has 0 radical (unpaired) electrons. The fourth-order valence-corrected chi connectivity index (χ4v) is 3.82. The molecule has 2 N–H and O–H groups in total. The van der Waals surface area contributed by atoms with Gasteiger partial charge in [-0.2, -0.15) is 0 Å². The normalized spacial score (nSPS) is 15.8. The number of benzene rings is 2. The number of carbonyl (C=O) groups excluding carboxylic acids is 2. The first-order valence-corrected chi connectivity index (χ1v) is 11.5. The molecule has 3 rings (SSSR count). The number of rotatable bonds is 8. The molecule has 2 aromatic carbocycles. The molecule has 0 aliphatic carbocycles. The second-order valence-corrected chi connectivity index (χ2v) is 9.01. The van der Waals surface area contributed by atoms with E-state index in [1.807, 2.05) is 76.3 Å². The van der Waals surface area contributed by atoms with E-state index in [0.717, 1.165) is 22.6 Å². The van der Waals surface area contributed by atoms with Gasteiger partial charge in [-0.25, -0.2) is 4.79 Å². The van der Waals surface area contributed by atoms with Gasteiger partial charge in [0.05, 0.1) is 31.8 Å². The quantitative estimate of drug-likeness (QED) is 0.432. The van der Waals surface area contributed by atoms with Crippen molar-refractivity contribution in [1.29, 1.82) is 0 Å². The van der Waals surface area contributed by atoms with Gasteiger partial charge in [0.2, 0.25) is 5.91 Å². The Bertz CT molecular complexity index is 1080. The number of hydrogen-bond acceptors (Lipinski definition) is 5. The Morgan fingerprint density at radius 2 is 1.76 bits per heavy atom. The standard InChI is InChI=1S/C26H31N3O4S/c1-16(2)15-33-25(31)23-17(3)29(4)26(34)28-24(23)19-8-10-20(11-9-19)27-22(30)14-18-6-12-21(32-5)13-7-18/h6-13,16,24H,14-15H2,1-5H3,(H,27,30)(H,28,34). The van der Waals surface area contributed by atoms with E-state index in [2.05, 4.69) is 10.6 Å². The molecule has 8 heteroatoms. The topological polar surface area (TPSA) is 79.9 Å². The minimum absolute atomic E-state index is 0.120. The predicted molar refractivity (Wildman–Crippen MR) is 137 cm³/mol. The highest BCUT2D eigenvalue weighted by Crippen LogP contribution is 2.31. The van der Waals surface area contributed by atoms with E-state index in [4.69, 9.17) is 21.7 Å². The van der Waals surface area contributed by atoms with Crippen LogP contribution in [0.3, 0.4) is 0 Å². The monoisotopic (exact) mass is 481 g/mol. The van der Waals surface area contributed by atoms with Gasteiger partial charge in [0.25, 0.3) is 0 Å². The highest BCUT2D eigenvalue weighted by molar-refractivity contribution is 7.80. The lowest BCUT2D eigenvalue weighted by molar-refractivity contribution is -0.140. The van der Waals surface area contributed by atoms with Gasteiger partial charge in [-0.05, 0) is 60.5 Å². The van der Waals surface area contributed by atoms with E-state index in [-0.39, 0.29) is 24.2 Å². The van der Waals surface area contributed by atoms with Crippen LogP contribution in [0.4, 0.5) is 5.69 Å². The molecule has 7 nitrogen and oxygen atoms in total. The Hall–Kier alpha value is -3.39. The number of methoxy groups -OCH3 is 1. The number of amides is 1. The summed E-state index contributed by atoms with van der Waals surface area (Å²) in [5.74, 6) is 0.498. The summed E-state index contributed by atoms with van der Waals surface area (Å²) < 4.78 is 10.7. The van der Waals surface area contributed by atoms with Crippen LogP contribution in [0.25, 0.3) is 0 Å². The van der Waals surface area contributed by atoms with Crippen molar-refractivity contribution in [1.82, 2.24) is 10.2 Å². The predicted octanol–water partition coefficient (Wildman–Crippen LogP) is 4.21. The van der Waals surface area contributed by atoms with Crippen LogP contribution in [0.15, 0.2) is 59.8 Å². The number of esters is 1. The summed E-state index contributed by atoms with van der Waals surface area (Å²) in [6, 6.07) is 14.3. The Morgan fingerprint density at radius 3 is 2.35 bits per heavy atom. The summed E-state index contributed by atoms with van der Waals surface area (Å²) in [7, 11) is 3.42. The van der Waals surface area contributed by atoms with Crippen LogP contribution >= 0.6 is 12.2 Å². The summed E-state index contributed by atoms with van der Waals surface area (Å²) in [5.41, 5.74) is 3.68. The van der Waals surface area contributed by atoms with Crippen LogP contribution < -0.4 is 15.4 Å². The smallest absolute Gasteiger partial charge is 0.338 e. The Kier molecular flexibility index (Phi) is 8.28. The number of anilines is 1. The third kappa shape index (κ3) is 6.14. The van der Waals surface area contributed by atoms with Crippen LogP contribution in [0.1, 0.15) is 37.9 Å². The van der Waals surface area contributed by atoms with Crippen molar-refractivity contribution in [3.63, 3.8) is 0 Å². The molecule has 1 unspecified atom stereocenters. The lowest BCUT2D eigenvalue weighted by Crippen LogP contribution is -2.46. The molecule has 1 aliphatic heterocycles. The molecule has 1 aliphatic rings. The van der Waals surface area contributed by atoms with Crippen LogP contribution in [0.2, 0.25) is 0 Å². The maximum Gasteiger partial charge on any atom is 0.338 e. The fraction of sp³-hybridized carbons (Fsp3) is 0.346. The fourth-order valence-electron chi connectivity index (χ4n) is 3.56. The number of ether oxygens (including phenoxy) is 2. The van der Waals surface area contributed by atoms with Crippen molar-refractivity contribution in [2.75, 3.05) is 26.1 Å².